The van der Waals surface area contributed by atoms with E-state index in [1.807, 2.05) is 72.8 Å². The second-order valence-electron chi connectivity index (χ2n) is 5.48. The van der Waals surface area contributed by atoms with Gasteiger partial charge in [-0.3, -0.25) is 0 Å². The van der Waals surface area contributed by atoms with Crippen LogP contribution in [0.1, 0.15) is 11.3 Å². The van der Waals surface area contributed by atoms with E-state index in [4.69, 9.17) is 17.0 Å². The number of nitrogens with one attached hydrogen (secondary N) is 2. The number of ether oxygens (including phenoxy) is 1. The molecular formula is C20H19N3OS. The van der Waals surface area contributed by atoms with Gasteiger partial charge >= 0.3 is 0 Å². The fourth-order valence-corrected chi connectivity index (χ4v) is 2.62. The zero-order valence-electron chi connectivity index (χ0n) is 13.9. The Morgan fingerprint density at radius 3 is 2.40 bits per heavy atom. The number of rotatable bonds is 5. The van der Waals surface area contributed by atoms with Crippen LogP contribution in [0.3, 0.4) is 0 Å². The molecule has 0 saturated heterocycles. The highest BCUT2D eigenvalue weighted by Gasteiger charge is 2.03. The molecule has 0 unspecified atom stereocenters. The number of pyridine rings is 1. The van der Waals surface area contributed by atoms with E-state index >= 15 is 0 Å². The minimum Gasteiger partial charge on any atom is -0.497 e. The van der Waals surface area contributed by atoms with Gasteiger partial charge in [-0.15, -0.1) is 0 Å². The summed E-state index contributed by atoms with van der Waals surface area (Å²) >= 11 is 5.34. The van der Waals surface area contributed by atoms with Gasteiger partial charge in [-0.05, 0) is 54.2 Å². The molecule has 0 spiro atoms. The summed E-state index contributed by atoms with van der Waals surface area (Å²) in [6.07, 6.45) is 0.748. The second kappa shape index (κ2) is 8.26. The van der Waals surface area contributed by atoms with Crippen LogP contribution in [0.15, 0.2) is 72.8 Å². The molecule has 0 fully saturated rings. The van der Waals surface area contributed by atoms with Gasteiger partial charge in [-0.25, -0.2) is 4.98 Å². The third-order valence-corrected chi connectivity index (χ3v) is 3.83. The van der Waals surface area contributed by atoms with Crippen LogP contribution in [0.5, 0.6) is 5.75 Å². The Hall–Kier alpha value is -2.92. The van der Waals surface area contributed by atoms with Gasteiger partial charge in [-0.2, -0.15) is 0 Å². The van der Waals surface area contributed by atoms with E-state index in [1.165, 1.54) is 5.56 Å². The first-order chi connectivity index (χ1) is 12.2. The SMILES string of the molecule is COc1ccc(Cc2cccc(NC(=S)Nc3ccccc3)n2)cc1. The summed E-state index contributed by atoms with van der Waals surface area (Å²) in [5.41, 5.74) is 3.09. The van der Waals surface area contributed by atoms with Crippen molar-refractivity contribution in [3.63, 3.8) is 0 Å². The van der Waals surface area contributed by atoms with Gasteiger partial charge in [0, 0.05) is 17.8 Å². The number of anilines is 2. The highest BCUT2D eigenvalue weighted by atomic mass is 32.1. The van der Waals surface area contributed by atoms with Crippen LogP contribution in [0.2, 0.25) is 0 Å². The highest BCUT2D eigenvalue weighted by molar-refractivity contribution is 7.80. The van der Waals surface area contributed by atoms with E-state index in [0.29, 0.717) is 5.11 Å². The van der Waals surface area contributed by atoms with E-state index < -0.39 is 0 Å². The number of nitrogens with zero attached hydrogens (tertiary/aromatic N) is 1. The van der Waals surface area contributed by atoms with Crippen LogP contribution in [0.4, 0.5) is 11.5 Å². The molecule has 3 rings (SSSR count). The third kappa shape index (κ3) is 5.02. The molecule has 0 aliphatic carbocycles. The van der Waals surface area contributed by atoms with E-state index in [-0.39, 0.29) is 0 Å². The minimum absolute atomic E-state index is 0.514. The number of aromatic nitrogens is 1. The van der Waals surface area contributed by atoms with Gasteiger partial charge in [0.2, 0.25) is 0 Å². The van der Waals surface area contributed by atoms with Crippen molar-refractivity contribution < 1.29 is 4.74 Å². The molecule has 2 aromatic carbocycles. The molecule has 0 radical (unpaired) electrons. The monoisotopic (exact) mass is 349 g/mol. The lowest BCUT2D eigenvalue weighted by Crippen LogP contribution is -2.19. The molecule has 1 heterocycles. The number of hydrogen-bond donors (Lipinski definition) is 2. The Balaban J connectivity index is 1.63. The fraction of sp³-hybridized carbons (Fsp3) is 0.100. The summed E-state index contributed by atoms with van der Waals surface area (Å²) < 4.78 is 5.18. The van der Waals surface area contributed by atoms with Gasteiger partial charge in [0.15, 0.2) is 5.11 Å². The van der Waals surface area contributed by atoms with Crippen LogP contribution in [0.25, 0.3) is 0 Å². The summed E-state index contributed by atoms with van der Waals surface area (Å²) in [4.78, 5) is 4.62. The Bertz CT molecular complexity index is 835. The summed E-state index contributed by atoms with van der Waals surface area (Å²) in [6, 6.07) is 23.7. The van der Waals surface area contributed by atoms with E-state index in [9.17, 15) is 0 Å². The van der Waals surface area contributed by atoms with Gasteiger partial charge in [-0.1, -0.05) is 36.4 Å². The summed E-state index contributed by atoms with van der Waals surface area (Å²) in [5, 5.41) is 6.78. The number of methoxy groups -OCH3 is 1. The Morgan fingerprint density at radius 1 is 0.920 bits per heavy atom. The molecule has 0 aliphatic heterocycles. The molecular weight excluding hydrogens is 330 g/mol. The van der Waals surface area contributed by atoms with E-state index in [2.05, 4.69) is 15.6 Å². The van der Waals surface area contributed by atoms with Crippen molar-refractivity contribution in [3.8, 4) is 5.75 Å². The number of benzene rings is 2. The normalized spacial score (nSPS) is 10.1. The maximum atomic E-state index is 5.34. The molecule has 3 aromatic rings. The molecule has 2 N–H and O–H groups in total. The zero-order valence-corrected chi connectivity index (χ0v) is 14.7. The molecule has 25 heavy (non-hydrogen) atoms. The Morgan fingerprint density at radius 2 is 1.68 bits per heavy atom. The molecule has 0 atom stereocenters. The largest absolute Gasteiger partial charge is 0.497 e. The standard InChI is InChI=1S/C20H19N3OS/c1-24-18-12-10-15(11-13-18)14-17-8-5-9-19(21-17)23-20(25)22-16-6-3-2-4-7-16/h2-13H,14H2,1H3,(H2,21,22,23,25). The van der Waals surface area contributed by atoms with Gasteiger partial charge in [0.1, 0.15) is 11.6 Å². The van der Waals surface area contributed by atoms with Crippen LogP contribution in [-0.4, -0.2) is 17.2 Å². The molecule has 0 amide bonds. The first-order valence-electron chi connectivity index (χ1n) is 7.95. The van der Waals surface area contributed by atoms with Crippen molar-refractivity contribution in [2.24, 2.45) is 0 Å². The lowest BCUT2D eigenvalue weighted by molar-refractivity contribution is 0.414. The molecule has 0 bridgehead atoms. The first kappa shape index (κ1) is 16.9. The maximum absolute atomic E-state index is 5.34. The number of thiocarbonyl (C=S) groups is 1. The van der Waals surface area contributed by atoms with Crippen LogP contribution < -0.4 is 15.4 Å². The van der Waals surface area contributed by atoms with Gasteiger partial charge < -0.3 is 15.4 Å². The molecule has 126 valence electrons. The van der Waals surface area contributed by atoms with E-state index in [1.54, 1.807) is 7.11 Å². The fourth-order valence-electron chi connectivity index (χ4n) is 2.40. The quantitative estimate of drug-likeness (QED) is 0.665. The molecule has 1 aromatic heterocycles. The third-order valence-electron chi connectivity index (χ3n) is 3.62. The first-order valence-corrected chi connectivity index (χ1v) is 8.36. The van der Waals surface area contributed by atoms with Crippen LogP contribution in [-0.2, 0) is 6.42 Å². The van der Waals surface area contributed by atoms with Crippen molar-refractivity contribution in [2.45, 2.75) is 6.42 Å². The summed E-state index contributed by atoms with van der Waals surface area (Å²) in [5.74, 6) is 1.57. The van der Waals surface area contributed by atoms with Crippen LogP contribution in [0, 0.1) is 0 Å². The molecule has 5 heteroatoms. The topological polar surface area (TPSA) is 46.2 Å². The highest BCUT2D eigenvalue weighted by Crippen LogP contribution is 2.15. The Kier molecular flexibility index (Phi) is 5.59. The van der Waals surface area contributed by atoms with Crippen LogP contribution >= 0.6 is 12.2 Å². The number of hydrogen-bond acceptors (Lipinski definition) is 3. The summed E-state index contributed by atoms with van der Waals surface area (Å²) in [7, 11) is 1.66. The predicted octanol–water partition coefficient (Wildman–Crippen LogP) is 4.49. The molecule has 0 saturated carbocycles. The number of para-hydroxylation sites is 1. The molecule has 0 aliphatic rings. The average molecular weight is 349 g/mol. The van der Waals surface area contributed by atoms with E-state index in [0.717, 1.165) is 29.4 Å². The lowest BCUT2D eigenvalue weighted by Gasteiger charge is -2.11. The van der Waals surface area contributed by atoms with Crippen molar-refractivity contribution in [1.29, 1.82) is 0 Å². The smallest absolute Gasteiger partial charge is 0.176 e. The average Bonchev–Trinajstić information content (AvgIpc) is 2.63. The zero-order chi connectivity index (χ0) is 17.5. The lowest BCUT2D eigenvalue weighted by atomic mass is 10.1. The van der Waals surface area contributed by atoms with Crippen molar-refractivity contribution in [3.05, 3.63) is 84.1 Å². The second-order valence-corrected chi connectivity index (χ2v) is 5.89. The van der Waals surface area contributed by atoms with Gasteiger partial charge in [0.05, 0.1) is 7.11 Å². The maximum Gasteiger partial charge on any atom is 0.176 e. The van der Waals surface area contributed by atoms with Crippen molar-refractivity contribution in [2.75, 3.05) is 17.7 Å². The van der Waals surface area contributed by atoms with Crippen molar-refractivity contribution >= 4 is 28.8 Å². The van der Waals surface area contributed by atoms with Gasteiger partial charge in [0.25, 0.3) is 0 Å². The predicted molar refractivity (Wildman–Crippen MR) is 106 cm³/mol. The summed E-state index contributed by atoms with van der Waals surface area (Å²) in [6.45, 7) is 0. The Labute approximate surface area is 152 Å². The molecule has 4 nitrogen and oxygen atoms in total. The van der Waals surface area contributed by atoms with Crippen molar-refractivity contribution in [1.82, 2.24) is 4.98 Å². The minimum atomic E-state index is 0.514.